The lowest BCUT2D eigenvalue weighted by atomic mass is 9.83. The van der Waals surface area contributed by atoms with Crippen molar-refractivity contribution in [3.63, 3.8) is 0 Å². The fourth-order valence-electron chi connectivity index (χ4n) is 4.96. The highest BCUT2D eigenvalue weighted by Gasteiger charge is 2.32. The minimum absolute atomic E-state index is 0.201. The van der Waals surface area contributed by atoms with E-state index >= 15 is 0 Å². The average molecular weight is 523 g/mol. The summed E-state index contributed by atoms with van der Waals surface area (Å²) >= 11 is 0. The van der Waals surface area contributed by atoms with Gasteiger partial charge in [-0.3, -0.25) is 0 Å². The van der Waals surface area contributed by atoms with E-state index in [2.05, 4.69) is 0 Å². The second-order valence-corrected chi connectivity index (χ2v) is 8.81. The molecule has 0 spiro atoms. The molecule has 0 bridgehead atoms. The van der Waals surface area contributed by atoms with Gasteiger partial charge >= 0.3 is 0 Å². The van der Waals surface area contributed by atoms with Crippen LogP contribution in [-0.4, -0.2) is 59.0 Å². The van der Waals surface area contributed by atoms with Crippen molar-refractivity contribution in [2.75, 3.05) is 48.8 Å². The quantitative estimate of drug-likeness (QED) is 0.380. The smallest absolute Gasteiger partial charge is 0.204 e. The SMILES string of the molecule is COc1cc2c(c(OC)c1OC)-c1c(cc(OC)c(OCc3ccccc3)c1OC)C/C(CO)=C(/CO)C2. The average Bonchev–Trinajstić information content (AvgIpc) is 2.96. The summed E-state index contributed by atoms with van der Waals surface area (Å²) in [5, 5.41) is 20.5. The first-order valence-electron chi connectivity index (χ1n) is 12.2. The number of aliphatic hydroxyl groups excluding tert-OH is 2. The summed E-state index contributed by atoms with van der Waals surface area (Å²) in [6.45, 7) is -0.0986. The zero-order valence-corrected chi connectivity index (χ0v) is 22.4. The first-order chi connectivity index (χ1) is 18.5. The van der Waals surface area contributed by atoms with Crippen LogP contribution in [0.25, 0.3) is 11.1 Å². The minimum atomic E-state index is -0.202. The van der Waals surface area contributed by atoms with Crippen molar-refractivity contribution in [1.82, 2.24) is 0 Å². The van der Waals surface area contributed by atoms with E-state index in [1.165, 1.54) is 0 Å². The van der Waals surface area contributed by atoms with Crippen molar-refractivity contribution in [3.05, 3.63) is 70.3 Å². The Morgan fingerprint density at radius 1 is 0.605 bits per heavy atom. The molecule has 0 heterocycles. The third-order valence-electron chi connectivity index (χ3n) is 6.78. The van der Waals surface area contributed by atoms with Gasteiger partial charge in [-0.15, -0.1) is 0 Å². The molecule has 0 atom stereocenters. The lowest BCUT2D eigenvalue weighted by Gasteiger charge is -2.28. The van der Waals surface area contributed by atoms with E-state index in [0.717, 1.165) is 39.0 Å². The van der Waals surface area contributed by atoms with E-state index < -0.39 is 0 Å². The molecule has 0 aliphatic heterocycles. The molecule has 0 amide bonds. The summed E-state index contributed by atoms with van der Waals surface area (Å²) in [6.07, 6.45) is 0.734. The van der Waals surface area contributed by atoms with Crippen LogP contribution in [0.3, 0.4) is 0 Å². The minimum Gasteiger partial charge on any atom is -0.493 e. The van der Waals surface area contributed by atoms with Crippen LogP contribution in [0.4, 0.5) is 0 Å². The van der Waals surface area contributed by atoms with Crippen LogP contribution in [0.5, 0.6) is 34.5 Å². The molecule has 3 aromatic carbocycles. The molecular weight excluding hydrogens is 488 g/mol. The Morgan fingerprint density at radius 3 is 1.53 bits per heavy atom. The van der Waals surface area contributed by atoms with Crippen LogP contribution < -0.4 is 28.4 Å². The summed E-state index contributed by atoms with van der Waals surface area (Å²) in [4.78, 5) is 0. The van der Waals surface area contributed by atoms with Crippen molar-refractivity contribution in [2.24, 2.45) is 0 Å². The van der Waals surface area contributed by atoms with Gasteiger partial charge in [0, 0.05) is 11.1 Å². The van der Waals surface area contributed by atoms with Crippen LogP contribution in [-0.2, 0) is 19.4 Å². The van der Waals surface area contributed by atoms with Gasteiger partial charge in [0.05, 0.1) is 48.8 Å². The fraction of sp³-hybridized carbons (Fsp3) is 0.333. The maximum atomic E-state index is 10.3. The molecule has 1 aliphatic rings. The Hall–Kier alpha value is -3.88. The monoisotopic (exact) mass is 522 g/mol. The van der Waals surface area contributed by atoms with Gasteiger partial charge in [-0.05, 0) is 52.8 Å². The first kappa shape index (κ1) is 27.2. The molecule has 8 heteroatoms. The van der Waals surface area contributed by atoms with Crippen molar-refractivity contribution >= 4 is 0 Å². The van der Waals surface area contributed by atoms with Gasteiger partial charge in [0.2, 0.25) is 11.5 Å². The van der Waals surface area contributed by atoms with Crippen molar-refractivity contribution < 1.29 is 38.6 Å². The van der Waals surface area contributed by atoms with E-state index in [4.69, 9.17) is 28.4 Å². The molecule has 0 saturated carbocycles. The Balaban J connectivity index is 2.07. The molecule has 2 N–H and O–H groups in total. The molecule has 3 aromatic rings. The maximum absolute atomic E-state index is 10.3. The van der Waals surface area contributed by atoms with Crippen molar-refractivity contribution in [2.45, 2.75) is 19.4 Å². The summed E-state index contributed by atoms with van der Waals surface area (Å²) < 4.78 is 35.3. The maximum Gasteiger partial charge on any atom is 0.204 e. The lowest BCUT2D eigenvalue weighted by molar-refractivity contribution is 0.266. The molecule has 1 aliphatic carbocycles. The molecule has 0 unspecified atom stereocenters. The zero-order valence-electron chi connectivity index (χ0n) is 22.4. The van der Waals surface area contributed by atoms with Gasteiger partial charge in [-0.2, -0.15) is 0 Å². The van der Waals surface area contributed by atoms with E-state index in [1.807, 2.05) is 42.5 Å². The summed E-state index contributed by atoms with van der Waals surface area (Å²) in [7, 11) is 7.84. The van der Waals surface area contributed by atoms with Crippen molar-refractivity contribution in [1.29, 1.82) is 0 Å². The van der Waals surface area contributed by atoms with E-state index in [0.29, 0.717) is 53.9 Å². The number of hydrogen-bond acceptors (Lipinski definition) is 8. The third kappa shape index (κ3) is 4.97. The van der Waals surface area contributed by atoms with Gasteiger partial charge in [-0.25, -0.2) is 0 Å². The lowest BCUT2D eigenvalue weighted by Crippen LogP contribution is -2.14. The standard InChI is InChI=1S/C30H34O8/c1-33-23-13-19-11-21(15-31)22(16-32)12-20-14-24(34-2)28(38-17-18-9-7-6-8-10-18)30(37-5)26(20)25(19)29(36-4)27(23)35-3/h6-10,13-14,31-32H,11-12,15-17H2,1-5H3/b22-21-. The Labute approximate surface area is 222 Å². The Morgan fingerprint density at radius 2 is 1.08 bits per heavy atom. The number of methoxy groups -OCH3 is 5. The highest BCUT2D eigenvalue weighted by molar-refractivity contribution is 5.89. The van der Waals surface area contributed by atoms with E-state index in [1.54, 1.807) is 35.5 Å². The molecule has 38 heavy (non-hydrogen) atoms. The number of ether oxygens (including phenoxy) is 6. The normalized spacial score (nSPS) is 14.5. The topological polar surface area (TPSA) is 95.8 Å². The molecule has 0 aromatic heterocycles. The molecule has 202 valence electrons. The number of hydrogen-bond donors (Lipinski definition) is 2. The van der Waals surface area contributed by atoms with E-state index in [9.17, 15) is 10.2 Å². The van der Waals surface area contributed by atoms with Crippen LogP contribution in [0, 0.1) is 0 Å². The second kappa shape index (κ2) is 12.1. The number of rotatable bonds is 10. The molecule has 4 rings (SSSR count). The fourth-order valence-corrected chi connectivity index (χ4v) is 4.96. The van der Waals surface area contributed by atoms with E-state index in [-0.39, 0.29) is 13.2 Å². The predicted octanol–water partition coefficient (Wildman–Crippen LogP) is 4.36. The number of aliphatic hydroxyl groups is 2. The third-order valence-corrected chi connectivity index (χ3v) is 6.78. The molecule has 0 fully saturated rings. The van der Waals surface area contributed by atoms with Crippen LogP contribution in [0.1, 0.15) is 16.7 Å². The second-order valence-electron chi connectivity index (χ2n) is 8.81. The largest absolute Gasteiger partial charge is 0.493 e. The predicted molar refractivity (Wildman–Crippen MR) is 144 cm³/mol. The molecular formula is C30H34O8. The van der Waals surface area contributed by atoms with Gasteiger partial charge in [0.1, 0.15) is 6.61 Å². The highest BCUT2D eigenvalue weighted by atomic mass is 16.5. The van der Waals surface area contributed by atoms with Gasteiger partial charge < -0.3 is 38.6 Å². The Kier molecular flexibility index (Phi) is 8.66. The zero-order chi connectivity index (χ0) is 27.2. The van der Waals surface area contributed by atoms with Gasteiger partial charge in [0.15, 0.2) is 23.0 Å². The summed E-state index contributed by atoms with van der Waals surface area (Å²) in [6, 6.07) is 13.6. The van der Waals surface area contributed by atoms with Gasteiger partial charge in [-0.1, -0.05) is 30.3 Å². The number of benzene rings is 3. The molecule has 8 nitrogen and oxygen atoms in total. The number of fused-ring (bicyclic) bond motifs is 3. The molecule has 0 saturated heterocycles. The summed E-state index contributed by atoms with van der Waals surface area (Å²) in [5.74, 6) is 2.78. The Bertz CT molecular complexity index is 1310. The highest BCUT2D eigenvalue weighted by Crippen LogP contribution is 2.55. The van der Waals surface area contributed by atoms with Gasteiger partial charge in [0.25, 0.3) is 0 Å². The molecule has 0 radical (unpaired) electrons. The van der Waals surface area contributed by atoms with Crippen LogP contribution in [0.2, 0.25) is 0 Å². The van der Waals surface area contributed by atoms with Crippen LogP contribution >= 0.6 is 0 Å². The summed E-state index contributed by atoms with van der Waals surface area (Å²) in [5.41, 5.74) is 5.51. The first-order valence-corrected chi connectivity index (χ1v) is 12.2. The van der Waals surface area contributed by atoms with Crippen LogP contribution in [0.15, 0.2) is 53.6 Å². The van der Waals surface area contributed by atoms with Crippen molar-refractivity contribution in [3.8, 4) is 45.6 Å².